The van der Waals surface area contributed by atoms with Gasteiger partial charge >= 0.3 is 0 Å². The fraction of sp³-hybridized carbons (Fsp3) is 0.200. The van der Waals surface area contributed by atoms with Gasteiger partial charge < -0.3 is 9.73 Å². The largest absolute Gasteiger partial charge is 0.441 e. The van der Waals surface area contributed by atoms with Gasteiger partial charge in [0, 0.05) is 29.0 Å². The van der Waals surface area contributed by atoms with Gasteiger partial charge in [0.15, 0.2) is 11.7 Å². The number of benzene rings is 2. The molecule has 0 aliphatic heterocycles. The summed E-state index contributed by atoms with van der Waals surface area (Å²) in [6.45, 7) is 2.04. The Labute approximate surface area is 151 Å². The molecule has 0 saturated carbocycles. The van der Waals surface area contributed by atoms with Gasteiger partial charge in [-0.15, -0.1) is 11.8 Å². The normalized spacial score (nSPS) is 10.6. The van der Waals surface area contributed by atoms with Gasteiger partial charge in [0.1, 0.15) is 0 Å². The van der Waals surface area contributed by atoms with Crippen LogP contribution >= 0.6 is 11.8 Å². The van der Waals surface area contributed by atoms with E-state index in [2.05, 4.69) is 10.3 Å². The van der Waals surface area contributed by atoms with Crippen molar-refractivity contribution in [1.29, 1.82) is 0 Å². The summed E-state index contributed by atoms with van der Waals surface area (Å²) in [6.07, 6.45) is 4.53. The molecule has 0 aliphatic rings. The van der Waals surface area contributed by atoms with Crippen molar-refractivity contribution in [3.63, 3.8) is 0 Å². The number of carbonyl (C=O) groups excluding carboxylic acids is 1. The summed E-state index contributed by atoms with van der Waals surface area (Å²) in [4.78, 5) is 17.5. The van der Waals surface area contributed by atoms with Gasteiger partial charge in [-0.3, -0.25) is 4.79 Å². The highest BCUT2D eigenvalue weighted by Gasteiger charge is 2.09. The van der Waals surface area contributed by atoms with Crippen molar-refractivity contribution < 1.29 is 9.21 Å². The lowest BCUT2D eigenvalue weighted by atomic mass is 10.1. The van der Waals surface area contributed by atoms with Crippen LogP contribution < -0.4 is 5.32 Å². The second kappa shape index (κ2) is 8.03. The molecule has 0 bridgehead atoms. The molecule has 0 unspecified atom stereocenters. The fourth-order valence-electron chi connectivity index (χ4n) is 2.40. The zero-order valence-corrected chi connectivity index (χ0v) is 15.1. The molecule has 0 fully saturated rings. The molecule has 5 heteroatoms. The highest BCUT2D eigenvalue weighted by atomic mass is 32.2. The third-order valence-electron chi connectivity index (χ3n) is 3.83. The lowest BCUT2D eigenvalue weighted by molar-refractivity contribution is -0.116. The van der Waals surface area contributed by atoms with Gasteiger partial charge in [-0.1, -0.05) is 29.8 Å². The Kier molecular flexibility index (Phi) is 5.56. The predicted molar refractivity (Wildman–Crippen MR) is 102 cm³/mol. The first kappa shape index (κ1) is 17.3. The van der Waals surface area contributed by atoms with Gasteiger partial charge in [-0.25, -0.2) is 4.98 Å². The Balaban J connectivity index is 1.54. The Hall–Kier alpha value is -2.53. The maximum atomic E-state index is 12.1. The maximum Gasteiger partial charge on any atom is 0.224 e. The summed E-state index contributed by atoms with van der Waals surface area (Å²) in [6, 6.07) is 15.9. The number of hydrogen-bond donors (Lipinski definition) is 1. The van der Waals surface area contributed by atoms with Crippen molar-refractivity contribution in [2.24, 2.45) is 0 Å². The van der Waals surface area contributed by atoms with Crippen LogP contribution in [0.3, 0.4) is 0 Å². The van der Waals surface area contributed by atoms with Gasteiger partial charge in [0.2, 0.25) is 5.91 Å². The van der Waals surface area contributed by atoms with Crippen LogP contribution in [0.4, 0.5) is 5.69 Å². The highest BCUT2D eigenvalue weighted by Crippen LogP contribution is 2.21. The number of anilines is 1. The molecule has 2 aromatic carbocycles. The smallest absolute Gasteiger partial charge is 0.224 e. The summed E-state index contributed by atoms with van der Waals surface area (Å²) in [5.74, 6) is 1.25. The van der Waals surface area contributed by atoms with Crippen LogP contribution in [0.25, 0.3) is 11.3 Å². The van der Waals surface area contributed by atoms with Crippen LogP contribution in [0, 0.1) is 6.92 Å². The maximum absolute atomic E-state index is 12.1. The molecule has 0 atom stereocenters. The van der Waals surface area contributed by atoms with Gasteiger partial charge in [-0.05, 0) is 37.4 Å². The van der Waals surface area contributed by atoms with E-state index in [4.69, 9.17) is 4.42 Å². The number of oxazole rings is 1. The number of thioether (sulfide) groups is 1. The predicted octanol–water partition coefficient (Wildman–Crippen LogP) is 4.94. The average Bonchev–Trinajstić information content (AvgIpc) is 3.10. The third kappa shape index (κ3) is 4.73. The second-order valence-electron chi connectivity index (χ2n) is 5.76. The minimum absolute atomic E-state index is 0.0491. The van der Waals surface area contributed by atoms with Crippen molar-refractivity contribution in [3.8, 4) is 11.3 Å². The zero-order chi connectivity index (χ0) is 17.6. The zero-order valence-electron chi connectivity index (χ0n) is 14.3. The molecule has 4 nitrogen and oxygen atoms in total. The summed E-state index contributed by atoms with van der Waals surface area (Å²) < 4.78 is 5.75. The number of nitrogens with zero attached hydrogens (tertiary/aromatic N) is 1. The first-order chi connectivity index (χ1) is 12.1. The molecule has 0 radical (unpaired) electrons. The number of hydrogen-bond acceptors (Lipinski definition) is 4. The van der Waals surface area contributed by atoms with Crippen molar-refractivity contribution in [2.45, 2.75) is 24.7 Å². The number of aromatic nitrogens is 1. The number of carbonyl (C=O) groups is 1. The van der Waals surface area contributed by atoms with Crippen LogP contribution in [0.15, 0.2) is 64.0 Å². The Morgan fingerprint density at radius 3 is 2.52 bits per heavy atom. The van der Waals surface area contributed by atoms with E-state index in [0.29, 0.717) is 18.7 Å². The van der Waals surface area contributed by atoms with Crippen LogP contribution in [-0.2, 0) is 11.2 Å². The summed E-state index contributed by atoms with van der Waals surface area (Å²) >= 11 is 1.67. The molecular weight excluding hydrogens is 332 g/mol. The quantitative estimate of drug-likeness (QED) is 0.638. The summed E-state index contributed by atoms with van der Waals surface area (Å²) in [7, 11) is 0. The van der Waals surface area contributed by atoms with E-state index in [9.17, 15) is 4.79 Å². The second-order valence-corrected chi connectivity index (χ2v) is 6.64. The van der Waals surface area contributed by atoms with E-state index in [1.807, 2.05) is 61.7 Å². The monoisotopic (exact) mass is 352 g/mol. The lowest BCUT2D eigenvalue weighted by Crippen LogP contribution is -2.12. The van der Waals surface area contributed by atoms with E-state index < -0.39 is 0 Å². The Morgan fingerprint density at radius 2 is 1.84 bits per heavy atom. The van der Waals surface area contributed by atoms with E-state index in [0.717, 1.165) is 17.0 Å². The molecule has 1 heterocycles. The number of amides is 1. The first-order valence-corrected chi connectivity index (χ1v) is 9.32. The van der Waals surface area contributed by atoms with E-state index in [-0.39, 0.29) is 5.91 Å². The average molecular weight is 352 g/mol. The van der Waals surface area contributed by atoms with Gasteiger partial charge in [0.25, 0.3) is 0 Å². The van der Waals surface area contributed by atoms with E-state index >= 15 is 0 Å². The van der Waals surface area contributed by atoms with Gasteiger partial charge in [-0.2, -0.15) is 0 Å². The molecule has 3 aromatic rings. The molecule has 1 amide bonds. The van der Waals surface area contributed by atoms with Crippen LogP contribution in [0.5, 0.6) is 0 Å². The first-order valence-electron chi connectivity index (χ1n) is 8.10. The number of rotatable bonds is 6. The summed E-state index contributed by atoms with van der Waals surface area (Å²) in [5.41, 5.74) is 2.99. The molecule has 0 spiro atoms. The van der Waals surface area contributed by atoms with E-state index in [1.54, 1.807) is 18.0 Å². The fourth-order valence-corrected chi connectivity index (χ4v) is 2.80. The summed E-state index contributed by atoms with van der Waals surface area (Å²) in [5, 5.41) is 2.89. The Bertz CT molecular complexity index is 839. The minimum atomic E-state index is -0.0491. The number of nitrogens with one attached hydrogen (secondary N) is 1. The molecule has 0 aliphatic carbocycles. The molecular formula is C20H20N2O2S. The molecule has 1 N–H and O–H groups in total. The highest BCUT2D eigenvalue weighted by molar-refractivity contribution is 7.98. The number of aryl methyl sites for hydroxylation is 2. The van der Waals surface area contributed by atoms with Crippen molar-refractivity contribution in [3.05, 3.63) is 66.2 Å². The van der Waals surface area contributed by atoms with Crippen molar-refractivity contribution in [2.75, 3.05) is 11.6 Å². The van der Waals surface area contributed by atoms with Crippen LogP contribution in [0.2, 0.25) is 0 Å². The third-order valence-corrected chi connectivity index (χ3v) is 4.57. The van der Waals surface area contributed by atoms with E-state index in [1.165, 1.54) is 10.5 Å². The molecule has 3 rings (SSSR count). The standard InChI is InChI=1S/C20H20N2O2S/c1-14-3-5-15(6-4-14)18-13-21-20(24-18)12-11-19(23)22-16-7-9-17(25-2)10-8-16/h3-10,13H,11-12H2,1-2H3,(H,22,23). The molecule has 1 aromatic heterocycles. The van der Waals surface area contributed by atoms with Gasteiger partial charge in [0.05, 0.1) is 6.20 Å². The Morgan fingerprint density at radius 1 is 1.12 bits per heavy atom. The van der Waals surface area contributed by atoms with Crippen molar-refractivity contribution >= 4 is 23.4 Å². The molecule has 128 valence electrons. The van der Waals surface area contributed by atoms with Crippen LogP contribution in [0.1, 0.15) is 17.9 Å². The lowest BCUT2D eigenvalue weighted by Gasteiger charge is -2.05. The minimum Gasteiger partial charge on any atom is -0.441 e. The molecule has 25 heavy (non-hydrogen) atoms. The SMILES string of the molecule is CSc1ccc(NC(=O)CCc2ncc(-c3ccc(C)cc3)o2)cc1. The molecule has 0 saturated heterocycles. The van der Waals surface area contributed by atoms with Crippen LogP contribution in [-0.4, -0.2) is 17.1 Å². The van der Waals surface area contributed by atoms with Crippen molar-refractivity contribution in [1.82, 2.24) is 4.98 Å². The topological polar surface area (TPSA) is 55.1 Å².